The average Bonchev–Trinajstić information content (AvgIpc) is 2.69. The van der Waals surface area contributed by atoms with Gasteiger partial charge >= 0.3 is 11.9 Å². The third-order valence-corrected chi connectivity index (χ3v) is 5.51. The first kappa shape index (κ1) is 19.7. The topological polar surface area (TPSA) is 72.8 Å². The summed E-state index contributed by atoms with van der Waals surface area (Å²) in [5.74, 6) is -0.518. The van der Waals surface area contributed by atoms with Crippen LogP contribution in [0.15, 0.2) is 11.6 Å². The predicted octanol–water partition coefficient (Wildman–Crippen LogP) is 3.01. The number of hydrogen-bond acceptors (Lipinski definition) is 5. The standard InChI is InChI=1S/C18H30O5/c1-13(12-23-14(2)19)7-6-9-18(4)15(20)8-10-17(18,3)11-16(21)22-5/h7,15,20H,6,8-12H2,1-5H3/b13-7+/t15-,17+,18+/m0/s1. The highest BCUT2D eigenvalue weighted by Crippen LogP contribution is 2.57. The molecule has 0 aromatic heterocycles. The van der Waals surface area contributed by atoms with Gasteiger partial charge in [0.05, 0.1) is 19.6 Å². The van der Waals surface area contributed by atoms with Gasteiger partial charge in [-0.3, -0.25) is 9.59 Å². The van der Waals surface area contributed by atoms with Crippen LogP contribution in [-0.4, -0.2) is 36.9 Å². The molecule has 0 aromatic carbocycles. The molecular weight excluding hydrogens is 296 g/mol. The molecule has 0 radical (unpaired) electrons. The van der Waals surface area contributed by atoms with Crippen molar-refractivity contribution < 1.29 is 24.2 Å². The third-order valence-electron chi connectivity index (χ3n) is 5.51. The Morgan fingerprint density at radius 2 is 1.96 bits per heavy atom. The van der Waals surface area contributed by atoms with Crippen LogP contribution in [0.1, 0.15) is 59.8 Å². The van der Waals surface area contributed by atoms with E-state index in [4.69, 9.17) is 9.47 Å². The van der Waals surface area contributed by atoms with Gasteiger partial charge in [-0.25, -0.2) is 0 Å². The molecule has 3 atom stereocenters. The molecule has 0 aliphatic heterocycles. The van der Waals surface area contributed by atoms with E-state index in [0.29, 0.717) is 19.4 Å². The molecule has 1 saturated carbocycles. The molecule has 0 spiro atoms. The highest BCUT2D eigenvalue weighted by Gasteiger charge is 2.54. The molecule has 1 rings (SSSR count). The predicted molar refractivity (Wildman–Crippen MR) is 87.7 cm³/mol. The van der Waals surface area contributed by atoms with Crippen molar-refractivity contribution in [2.45, 2.75) is 65.9 Å². The number of aliphatic hydroxyl groups is 1. The molecule has 0 amide bonds. The molecule has 1 aliphatic rings. The Hall–Kier alpha value is -1.36. The van der Waals surface area contributed by atoms with Crippen molar-refractivity contribution in [1.82, 2.24) is 0 Å². The van der Waals surface area contributed by atoms with Crippen molar-refractivity contribution in [3.05, 3.63) is 11.6 Å². The van der Waals surface area contributed by atoms with Crippen LogP contribution in [-0.2, 0) is 19.1 Å². The number of esters is 2. The van der Waals surface area contributed by atoms with Crippen LogP contribution < -0.4 is 0 Å². The fraction of sp³-hybridized carbons (Fsp3) is 0.778. The molecule has 1 N–H and O–H groups in total. The van der Waals surface area contributed by atoms with Crippen LogP contribution in [0.4, 0.5) is 0 Å². The van der Waals surface area contributed by atoms with Gasteiger partial charge in [-0.15, -0.1) is 0 Å². The zero-order valence-corrected chi connectivity index (χ0v) is 15.0. The normalized spacial score (nSPS) is 31.0. The Morgan fingerprint density at radius 1 is 1.30 bits per heavy atom. The number of ether oxygens (including phenoxy) is 2. The van der Waals surface area contributed by atoms with E-state index in [0.717, 1.165) is 24.8 Å². The van der Waals surface area contributed by atoms with Gasteiger partial charge in [-0.05, 0) is 49.0 Å². The molecule has 132 valence electrons. The molecule has 23 heavy (non-hydrogen) atoms. The van der Waals surface area contributed by atoms with Gasteiger partial charge in [0.2, 0.25) is 0 Å². The zero-order valence-electron chi connectivity index (χ0n) is 15.0. The second-order valence-corrected chi connectivity index (χ2v) is 7.15. The number of methoxy groups -OCH3 is 1. The van der Waals surface area contributed by atoms with Crippen LogP contribution in [0.2, 0.25) is 0 Å². The molecular formula is C18H30O5. The zero-order chi connectivity index (χ0) is 17.7. The lowest BCUT2D eigenvalue weighted by molar-refractivity contribution is -0.146. The summed E-state index contributed by atoms with van der Waals surface area (Å²) in [6.45, 7) is 7.73. The van der Waals surface area contributed by atoms with Crippen LogP contribution in [0.25, 0.3) is 0 Å². The highest BCUT2D eigenvalue weighted by atomic mass is 16.5. The summed E-state index contributed by atoms with van der Waals surface area (Å²) in [6.07, 6.45) is 5.02. The smallest absolute Gasteiger partial charge is 0.306 e. The van der Waals surface area contributed by atoms with E-state index in [-0.39, 0.29) is 22.8 Å². The SMILES string of the molecule is COC(=O)C[C@@]1(C)CC[C@H](O)[C@@]1(C)CC/C=C(\C)COC(C)=O. The van der Waals surface area contributed by atoms with E-state index in [9.17, 15) is 14.7 Å². The Kier molecular flexibility index (Phi) is 6.81. The summed E-state index contributed by atoms with van der Waals surface area (Å²) < 4.78 is 9.78. The number of allylic oxidation sites excluding steroid dienone is 1. The monoisotopic (exact) mass is 326 g/mol. The van der Waals surface area contributed by atoms with Crippen molar-refractivity contribution in [2.24, 2.45) is 10.8 Å². The summed E-state index contributed by atoms with van der Waals surface area (Å²) in [5.41, 5.74) is 0.391. The Labute approximate surface area is 139 Å². The fourth-order valence-electron chi connectivity index (χ4n) is 3.50. The summed E-state index contributed by atoms with van der Waals surface area (Å²) in [5, 5.41) is 10.5. The van der Waals surface area contributed by atoms with E-state index in [1.165, 1.54) is 14.0 Å². The van der Waals surface area contributed by atoms with Crippen LogP contribution in [0.5, 0.6) is 0 Å². The molecule has 0 unspecified atom stereocenters. The van der Waals surface area contributed by atoms with Crippen molar-refractivity contribution in [1.29, 1.82) is 0 Å². The Bertz CT molecular complexity index is 470. The molecule has 0 bridgehead atoms. The average molecular weight is 326 g/mol. The fourth-order valence-corrected chi connectivity index (χ4v) is 3.50. The van der Waals surface area contributed by atoms with E-state index in [1.54, 1.807) is 0 Å². The second-order valence-electron chi connectivity index (χ2n) is 7.15. The van der Waals surface area contributed by atoms with Gasteiger partial charge in [-0.1, -0.05) is 19.9 Å². The number of carbonyl (C=O) groups excluding carboxylic acids is 2. The first-order valence-corrected chi connectivity index (χ1v) is 8.18. The van der Waals surface area contributed by atoms with Crippen LogP contribution in [0.3, 0.4) is 0 Å². The van der Waals surface area contributed by atoms with E-state index in [2.05, 4.69) is 13.8 Å². The summed E-state index contributed by atoms with van der Waals surface area (Å²) in [4.78, 5) is 22.5. The molecule has 0 heterocycles. The minimum Gasteiger partial charge on any atom is -0.469 e. The van der Waals surface area contributed by atoms with Gasteiger partial charge in [0.15, 0.2) is 0 Å². The maximum atomic E-state index is 11.7. The lowest BCUT2D eigenvalue weighted by Gasteiger charge is -2.42. The van der Waals surface area contributed by atoms with Gasteiger partial charge < -0.3 is 14.6 Å². The van der Waals surface area contributed by atoms with Crippen LogP contribution >= 0.6 is 0 Å². The van der Waals surface area contributed by atoms with E-state index in [1.807, 2.05) is 13.0 Å². The lowest BCUT2D eigenvalue weighted by Crippen LogP contribution is -2.41. The van der Waals surface area contributed by atoms with Gasteiger partial charge in [0.1, 0.15) is 6.61 Å². The number of aliphatic hydroxyl groups excluding tert-OH is 1. The maximum Gasteiger partial charge on any atom is 0.306 e. The summed E-state index contributed by atoms with van der Waals surface area (Å²) in [6, 6.07) is 0. The molecule has 5 nitrogen and oxygen atoms in total. The molecule has 5 heteroatoms. The minimum atomic E-state index is -0.417. The summed E-state index contributed by atoms with van der Waals surface area (Å²) in [7, 11) is 1.40. The van der Waals surface area contributed by atoms with Gasteiger partial charge in [0, 0.05) is 6.92 Å². The molecule has 1 fully saturated rings. The summed E-state index contributed by atoms with van der Waals surface area (Å²) >= 11 is 0. The minimum absolute atomic E-state index is 0.227. The third kappa shape index (κ3) is 4.80. The van der Waals surface area contributed by atoms with E-state index >= 15 is 0 Å². The van der Waals surface area contributed by atoms with Crippen molar-refractivity contribution in [2.75, 3.05) is 13.7 Å². The maximum absolute atomic E-state index is 11.7. The quantitative estimate of drug-likeness (QED) is 0.575. The molecule has 1 aliphatic carbocycles. The van der Waals surface area contributed by atoms with Crippen LogP contribution in [0, 0.1) is 10.8 Å². The second kappa shape index (κ2) is 7.95. The Balaban J connectivity index is 2.71. The largest absolute Gasteiger partial charge is 0.469 e. The number of hydrogen-bond donors (Lipinski definition) is 1. The van der Waals surface area contributed by atoms with Crippen molar-refractivity contribution >= 4 is 11.9 Å². The number of rotatable bonds is 7. The molecule has 0 saturated heterocycles. The highest BCUT2D eigenvalue weighted by molar-refractivity contribution is 5.70. The molecule has 0 aromatic rings. The van der Waals surface area contributed by atoms with Gasteiger partial charge in [0.25, 0.3) is 0 Å². The van der Waals surface area contributed by atoms with Crippen molar-refractivity contribution in [3.63, 3.8) is 0 Å². The van der Waals surface area contributed by atoms with E-state index < -0.39 is 6.10 Å². The first-order valence-electron chi connectivity index (χ1n) is 8.18. The van der Waals surface area contributed by atoms with Crippen molar-refractivity contribution in [3.8, 4) is 0 Å². The first-order chi connectivity index (χ1) is 10.6. The number of carbonyl (C=O) groups is 2. The lowest BCUT2D eigenvalue weighted by atomic mass is 9.63. The Morgan fingerprint density at radius 3 is 2.52 bits per heavy atom. The van der Waals surface area contributed by atoms with Gasteiger partial charge in [-0.2, -0.15) is 0 Å².